The second-order valence-corrected chi connectivity index (χ2v) is 4.05. The van der Waals surface area contributed by atoms with Gasteiger partial charge in [-0.1, -0.05) is 31.0 Å². The Hall–Kier alpha value is -1.06. The van der Waals surface area contributed by atoms with Crippen molar-refractivity contribution in [1.82, 2.24) is 5.32 Å². The highest BCUT2D eigenvalue weighted by Crippen LogP contribution is 2.07. The highest BCUT2D eigenvalue weighted by molar-refractivity contribution is 5.20. The van der Waals surface area contributed by atoms with Gasteiger partial charge in [0.25, 0.3) is 0 Å². The first kappa shape index (κ1) is 14.0. The first-order valence-electron chi connectivity index (χ1n) is 6.43. The molecule has 3 nitrogen and oxygen atoms in total. The van der Waals surface area contributed by atoms with E-state index in [1.807, 2.05) is 30.3 Å². The number of benzene rings is 1. The van der Waals surface area contributed by atoms with Crippen LogP contribution in [0.4, 0.5) is 0 Å². The Morgan fingerprint density at radius 1 is 0.941 bits per heavy atom. The first-order valence-corrected chi connectivity index (χ1v) is 6.43. The Morgan fingerprint density at radius 2 is 1.71 bits per heavy atom. The molecule has 1 rings (SSSR count). The Kier molecular flexibility index (Phi) is 8.33. The van der Waals surface area contributed by atoms with Crippen molar-refractivity contribution in [3.05, 3.63) is 30.3 Å². The van der Waals surface area contributed by atoms with Crippen LogP contribution in [-0.2, 0) is 0 Å². The van der Waals surface area contributed by atoms with Crippen LogP contribution in [0.5, 0.6) is 5.75 Å². The van der Waals surface area contributed by atoms with Crippen LogP contribution in [0.25, 0.3) is 0 Å². The van der Waals surface area contributed by atoms with E-state index in [0.29, 0.717) is 13.2 Å². The van der Waals surface area contributed by atoms with Crippen LogP contribution in [0.2, 0.25) is 0 Å². The molecule has 96 valence electrons. The number of ether oxygens (including phenoxy) is 1. The van der Waals surface area contributed by atoms with Gasteiger partial charge < -0.3 is 15.2 Å². The molecule has 0 aliphatic heterocycles. The summed E-state index contributed by atoms with van der Waals surface area (Å²) in [7, 11) is 0. The first-order chi connectivity index (χ1) is 8.43. The molecule has 0 saturated heterocycles. The monoisotopic (exact) mass is 237 g/mol. The molecule has 3 heteroatoms. The predicted molar refractivity (Wildman–Crippen MR) is 70.4 cm³/mol. The number of nitrogens with one attached hydrogen (secondary N) is 1. The van der Waals surface area contributed by atoms with Crippen molar-refractivity contribution in [3.8, 4) is 5.75 Å². The zero-order valence-electron chi connectivity index (χ0n) is 10.4. The second kappa shape index (κ2) is 10.1. The molecule has 0 fully saturated rings. The molecule has 1 aromatic rings. The summed E-state index contributed by atoms with van der Waals surface area (Å²) in [6.45, 7) is 2.94. The number of hydrogen-bond donors (Lipinski definition) is 2. The van der Waals surface area contributed by atoms with E-state index in [1.54, 1.807) is 0 Å². The summed E-state index contributed by atoms with van der Waals surface area (Å²) in [6.07, 6.45) is 4.41. The minimum absolute atomic E-state index is 0.318. The molecule has 0 radical (unpaired) electrons. The highest BCUT2D eigenvalue weighted by Gasteiger charge is 1.92. The molecule has 0 atom stereocenters. The van der Waals surface area contributed by atoms with Crippen molar-refractivity contribution in [2.75, 3.05) is 26.3 Å². The van der Waals surface area contributed by atoms with Crippen molar-refractivity contribution in [2.24, 2.45) is 0 Å². The predicted octanol–water partition coefficient (Wildman–Crippen LogP) is 2.21. The number of aliphatic hydroxyl groups is 1. The molecule has 0 heterocycles. The summed E-state index contributed by atoms with van der Waals surface area (Å²) in [5, 5.41) is 12.0. The van der Waals surface area contributed by atoms with Gasteiger partial charge in [-0.05, 0) is 31.5 Å². The van der Waals surface area contributed by atoms with Crippen LogP contribution in [0, 0.1) is 0 Å². The van der Waals surface area contributed by atoms with Crippen molar-refractivity contribution >= 4 is 0 Å². The van der Waals surface area contributed by atoms with Crippen LogP contribution in [0.1, 0.15) is 25.7 Å². The number of rotatable bonds is 10. The van der Waals surface area contributed by atoms with E-state index in [1.165, 1.54) is 12.8 Å². The van der Waals surface area contributed by atoms with Gasteiger partial charge in [0, 0.05) is 13.2 Å². The zero-order valence-corrected chi connectivity index (χ0v) is 10.4. The SMILES string of the molecule is OCCCCCCNCCOc1ccccc1. The van der Waals surface area contributed by atoms with Gasteiger partial charge in [-0.3, -0.25) is 0 Å². The smallest absolute Gasteiger partial charge is 0.119 e. The third-order valence-electron chi connectivity index (χ3n) is 2.55. The van der Waals surface area contributed by atoms with Crippen molar-refractivity contribution < 1.29 is 9.84 Å². The lowest BCUT2D eigenvalue weighted by Crippen LogP contribution is -2.22. The fourth-order valence-electron chi connectivity index (χ4n) is 1.60. The molecule has 0 spiro atoms. The zero-order chi connectivity index (χ0) is 12.2. The minimum atomic E-state index is 0.318. The molecule has 0 unspecified atom stereocenters. The molecular weight excluding hydrogens is 214 g/mol. The lowest BCUT2D eigenvalue weighted by atomic mass is 10.2. The largest absolute Gasteiger partial charge is 0.492 e. The summed E-state index contributed by atoms with van der Waals surface area (Å²) < 4.78 is 5.56. The van der Waals surface area contributed by atoms with Gasteiger partial charge >= 0.3 is 0 Å². The van der Waals surface area contributed by atoms with Gasteiger partial charge in [0.2, 0.25) is 0 Å². The van der Waals surface area contributed by atoms with E-state index < -0.39 is 0 Å². The lowest BCUT2D eigenvalue weighted by Gasteiger charge is -2.07. The van der Waals surface area contributed by atoms with Gasteiger partial charge in [0.05, 0.1) is 0 Å². The molecule has 2 N–H and O–H groups in total. The maximum Gasteiger partial charge on any atom is 0.119 e. The maximum atomic E-state index is 8.62. The fourth-order valence-corrected chi connectivity index (χ4v) is 1.60. The summed E-state index contributed by atoms with van der Waals surface area (Å²) in [5.41, 5.74) is 0. The highest BCUT2D eigenvalue weighted by atomic mass is 16.5. The summed E-state index contributed by atoms with van der Waals surface area (Å²) >= 11 is 0. The molecule has 17 heavy (non-hydrogen) atoms. The van der Waals surface area contributed by atoms with Gasteiger partial charge in [-0.15, -0.1) is 0 Å². The average molecular weight is 237 g/mol. The quantitative estimate of drug-likeness (QED) is 0.613. The average Bonchev–Trinajstić information content (AvgIpc) is 2.38. The van der Waals surface area contributed by atoms with Crippen LogP contribution >= 0.6 is 0 Å². The summed E-state index contributed by atoms with van der Waals surface area (Å²) in [6, 6.07) is 9.87. The summed E-state index contributed by atoms with van der Waals surface area (Å²) in [4.78, 5) is 0. The molecule has 0 saturated carbocycles. The van der Waals surface area contributed by atoms with Gasteiger partial charge in [-0.2, -0.15) is 0 Å². The Labute approximate surface area is 104 Å². The van der Waals surface area contributed by atoms with E-state index in [-0.39, 0.29) is 0 Å². The Bertz CT molecular complexity index is 264. The number of hydrogen-bond acceptors (Lipinski definition) is 3. The topological polar surface area (TPSA) is 41.5 Å². The molecule has 1 aromatic carbocycles. The van der Waals surface area contributed by atoms with Crippen LogP contribution in [0.15, 0.2) is 30.3 Å². The van der Waals surface area contributed by atoms with Crippen LogP contribution in [-0.4, -0.2) is 31.4 Å². The van der Waals surface area contributed by atoms with Crippen LogP contribution in [0.3, 0.4) is 0 Å². The third kappa shape index (κ3) is 7.77. The standard InChI is InChI=1S/C14H23NO2/c16-12-7-2-1-6-10-15-11-13-17-14-8-4-3-5-9-14/h3-5,8-9,15-16H,1-2,6-7,10-13H2. The van der Waals surface area contributed by atoms with E-state index in [4.69, 9.17) is 9.84 Å². The fraction of sp³-hybridized carbons (Fsp3) is 0.571. The van der Waals surface area contributed by atoms with Gasteiger partial charge in [0.15, 0.2) is 0 Å². The normalized spacial score (nSPS) is 10.4. The second-order valence-electron chi connectivity index (χ2n) is 4.05. The van der Waals surface area contributed by atoms with E-state index >= 15 is 0 Å². The molecular formula is C14H23NO2. The number of unbranched alkanes of at least 4 members (excludes halogenated alkanes) is 3. The molecule has 0 bridgehead atoms. The van der Waals surface area contributed by atoms with E-state index in [9.17, 15) is 0 Å². The third-order valence-corrected chi connectivity index (χ3v) is 2.55. The van der Waals surface area contributed by atoms with Gasteiger partial charge in [-0.25, -0.2) is 0 Å². The molecule has 0 aliphatic carbocycles. The van der Waals surface area contributed by atoms with Crippen molar-refractivity contribution in [1.29, 1.82) is 0 Å². The van der Waals surface area contributed by atoms with E-state index in [0.717, 1.165) is 31.7 Å². The Balaban J connectivity index is 1.85. The lowest BCUT2D eigenvalue weighted by molar-refractivity contribution is 0.282. The number of aliphatic hydroxyl groups excluding tert-OH is 1. The Morgan fingerprint density at radius 3 is 2.47 bits per heavy atom. The molecule has 0 aromatic heterocycles. The van der Waals surface area contributed by atoms with Crippen LogP contribution < -0.4 is 10.1 Å². The molecule has 0 aliphatic rings. The number of para-hydroxylation sites is 1. The molecule has 0 amide bonds. The van der Waals surface area contributed by atoms with Gasteiger partial charge in [0.1, 0.15) is 12.4 Å². The maximum absolute atomic E-state index is 8.62. The van der Waals surface area contributed by atoms with Crippen molar-refractivity contribution in [3.63, 3.8) is 0 Å². The van der Waals surface area contributed by atoms with Crippen molar-refractivity contribution in [2.45, 2.75) is 25.7 Å². The minimum Gasteiger partial charge on any atom is -0.492 e. The van der Waals surface area contributed by atoms with E-state index in [2.05, 4.69) is 5.32 Å². The summed E-state index contributed by atoms with van der Waals surface area (Å²) in [5.74, 6) is 0.928.